The molecular weight excluding hydrogens is 432 g/mol. The molecule has 3 aromatic rings. The third-order valence-electron chi connectivity index (χ3n) is 3.93. The van der Waals surface area contributed by atoms with E-state index in [1.807, 2.05) is 32.0 Å². The lowest BCUT2D eigenvalue weighted by Crippen LogP contribution is -2.23. The van der Waals surface area contributed by atoms with Crippen molar-refractivity contribution in [1.82, 2.24) is 14.3 Å². The topological polar surface area (TPSA) is 78.5 Å². The van der Waals surface area contributed by atoms with E-state index >= 15 is 0 Å². The van der Waals surface area contributed by atoms with Crippen LogP contribution in [0.3, 0.4) is 0 Å². The largest absolute Gasteiger partial charge is 0.465 e. The fraction of sp³-hybridized carbons (Fsp3) is 0.333. The number of ether oxygens (including phenoxy) is 1. The van der Waals surface area contributed by atoms with Gasteiger partial charge in [0.1, 0.15) is 6.54 Å². The number of aromatic nitrogens is 3. The molecule has 0 atom stereocenters. The molecule has 142 valence electrons. The Hall–Kier alpha value is -2.26. The number of aryl methyl sites for hydroxylation is 2. The smallest absolute Gasteiger partial charge is 0.326 e. The molecule has 0 unspecified atom stereocenters. The molecule has 1 aromatic carbocycles. The van der Waals surface area contributed by atoms with E-state index in [2.05, 4.69) is 26.0 Å². The summed E-state index contributed by atoms with van der Waals surface area (Å²) in [6.07, 6.45) is 0. The summed E-state index contributed by atoms with van der Waals surface area (Å²) >= 11 is 4.78. The summed E-state index contributed by atoms with van der Waals surface area (Å²) in [5.74, 6) is -0.811. The van der Waals surface area contributed by atoms with Crippen molar-refractivity contribution in [3.63, 3.8) is 0 Å². The van der Waals surface area contributed by atoms with Crippen molar-refractivity contribution in [1.29, 1.82) is 0 Å². The van der Waals surface area contributed by atoms with E-state index in [-0.39, 0.29) is 18.2 Å². The zero-order valence-corrected chi connectivity index (χ0v) is 17.6. The van der Waals surface area contributed by atoms with Gasteiger partial charge in [-0.3, -0.25) is 14.3 Å². The lowest BCUT2D eigenvalue weighted by molar-refractivity contribution is -0.143. The van der Waals surface area contributed by atoms with Gasteiger partial charge in [0.25, 0.3) is 5.91 Å². The Morgan fingerprint density at radius 1 is 1.30 bits per heavy atom. The summed E-state index contributed by atoms with van der Waals surface area (Å²) in [4.78, 5) is 29.3. The highest BCUT2D eigenvalue weighted by Gasteiger charge is 2.15. The highest BCUT2D eigenvalue weighted by Crippen LogP contribution is 2.22. The summed E-state index contributed by atoms with van der Waals surface area (Å²) < 4.78 is 10.3. The molecule has 0 N–H and O–H groups in total. The second-order valence-electron chi connectivity index (χ2n) is 5.79. The van der Waals surface area contributed by atoms with Crippen molar-refractivity contribution in [2.75, 3.05) is 6.61 Å². The molecule has 0 spiro atoms. The van der Waals surface area contributed by atoms with Crippen LogP contribution in [0, 0.1) is 6.92 Å². The van der Waals surface area contributed by atoms with Crippen LogP contribution in [0.2, 0.25) is 0 Å². The number of nitrogens with zero attached hydrogens (tertiary/aromatic N) is 4. The monoisotopic (exact) mass is 450 g/mol. The summed E-state index contributed by atoms with van der Waals surface area (Å²) in [7, 11) is 0. The van der Waals surface area contributed by atoms with Crippen molar-refractivity contribution in [2.45, 2.75) is 33.9 Å². The first-order chi connectivity index (χ1) is 12.9. The number of carbonyl (C=O) groups is 2. The molecule has 0 bridgehead atoms. The van der Waals surface area contributed by atoms with Crippen molar-refractivity contribution in [3.05, 3.63) is 44.9 Å². The zero-order valence-electron chi connectivity index (χ0n) is 15.2. The molecule has 0 aliphatic heterocycles. The minimum Gasteiger partial charge on any atom is -0.465 e. The number of hydrogen-bond acceptors (Lipinski definition) is 5. The van der Waals surface area contributed by atoms with E-state index in [0.717, 1.165) is 20.4 Å². The minimum absolute atomic E-state index is 0.00991. The van der Waals surface area contributed by atoms with Crippen LogP contribution in [-0.4, -0.2) is 32.8 Å². The third-order valence-corrected chi connectivity index (χ3v) is 5.47. The Morgan fingerprint density at radius 2 is 2.07 bits per heavy atom. The lowest BCUT2D eigenvalue weighted by Gasteiger charge is -2.05. The first-order valence-electron chi connectivity index (χ1n) is 8.51. The van der Waals surface area contributed by atoms with Gasteiger partial charge in [0, 0.05) is 16.7 Å². The Kier molecular flexibility index (Phi) is 5.91. The first kappa shape index (κ1) is 19.5. The maximum atomic E-state index is 12.6. The van der Waals surface area contributed by atoms with Crippen LogP contribution >= 0.6 is 27.3 Å². The van der Waals surface area contributed by atoms with Gasteiger partial charge in [-0.1, -0.05) is 27.3 Å². The Balaban J connectivity index is 2.09. The molecule has 0 saturated heterocycles. The maximum Gasteiger partial charge on any atom is 0.326 e. The Labute approximate surface area is 168 Å². The predicted molar refractivity (Wildman–Crippen MR) is 107 cm³/mol. The van der Waals surface area contributed by atoms with Crippen molar-refractivity contribution < 1.29 is 14.3 Å². The molecule has 3 rings (SSSR count). The van der Waals surface area contributed by atoms with Gasteiger partial charge in [-0.25, -0.2) is 0 Å². The molecular formula is C18H19BrN4O3S. The Morgan fingerprint density at radius 3 is 2.74 bits per heavy atom. The van der Waals surface area contributed by atoms with E-state index in [4.69, 9.17) is 4.74 Å². The Bertz CT molecular complexity index is 1080. The first-order valence-corrected chi connectivity index (χ1v) is 10.1. The van der Waals surface area contributed by atoms with E-state index < -0.39 is 5.91 Å². The molecule has 0 radical (unpaired) electrons. The van der Waals surface area contributed by atoms with Crippen LogP contribution in [0.4, 0.5) is 0 Å². The molecule has 27 heavy (non-hydrogen) atoms. The summed E-state index contributed by atoms with van der Waals surface area (Å²) in [5, 5.41) is 4.28. The van der Waals surface area contributed by atoms with Gasteiger partial charge in [-0.05, 0) is 45.0 Å². The van der Waals surface area contributed by atoms with Crippen molar-refractivity contribution in [3.8, 4) is 0 Å². The van der Waals surface area contributed by atoms with Gasteiger partial charge < -0.3 is 9.30 Å². The number of thiazole rings is 1. The molecule has 9 heteroatoms. The number of hydrogen-bond donors (Lipinski definition) is 0. The normalized spacial score (nSPS) is 11.9. The van der Waals surface area contributed by atoms with Crippen LogP contribution in [0.1, 0.15) is 30.0 Å². The van der Waals surface area contributed by atoms with Gasteiger partial charge in [0.05, 0.1) is 16.8 Å². The fourth-order valence-corrected chi connectivity index (χ4v) is 4.28. The number of rotatable bonds is 5. The van der Waals surface area contributed by atoms with Gasteiger partial charge >= 0.3 is 5.97 Å². The van der Waals surface area contributed by atoms with E-state index in [1.165, 1.54) is 11.3 Å². The van der Waals surface area contributed by atoms with Crippen molar-refractivity contribution in [2.24, 2.45) is 4.99 Å². The van der Waals surface area contributed by atoms with Gasteiger partial charge in [-0.15, -0.1) is 0 Å². The molecule has 2 aromatic heterocycles. The highest BCUT2D eigenvalue weighted by molar-refractivity contribution is 9.10. The molecule has 0 saturated carbocycles. The average molecular weight is 451 g/mol. The minimum atomic E-state index is -0.437. The third kappa shape index (κ3) is 4.19. The van der Waals surface area contributed by atoms with Crippen molar-refractivity contribution >= 4 is 49.4 Å². The fourth-order valence-electron chi connectivity index (χ4n) is 2.70. The van der Waals surface area contributed by atoms with Gasteiger partial charge in [0.2, 0.25) is 0 Å². The number of esters is 1. The lowest BCUT2D eigenvalue weighted by atomic mass is 10.3. The molecule has 7 nitrogen and oxygen atoms in total. The summed E-state index contributed by atoms with van der Waals surface area (Å²) in [5.41, 5.74) is 2.00. The number of carbonyl (C=O) groups excluding carboxylic acids is 2. The van der Waals surface area contributed by atoms with Crippen LogP contribution in [-0.2, 0) is 22.6 Å². The number of halogens is 1. The number of fused-ring (bicyclic) bond motifs is 1. The molecule has 0 aliphatic carbocycles. The standard InChI is InChI=1S/C18H19BrN4O3S/c1-4-23-11(3)8-13(21-23)17(25)20-18-22(10-16(24)26-5-2)14-7-6-12(19)9-15(14)27-18/h6-9H,4-5,10H2,1-3H3. The van der Waals surface area contributed by atoms with Crippen LogP contribution < -0.4 is 4.80 Å². The van der Waals surface area contributed by atoms with E-state index in [0.29, 0.717) is 18.0 Å². The van der Waals surface area contributed by atoms with Crippen LogP contribution in [0.15, 0.2) is 33.7 Å². The van der Waals surface area contributed by atoms with Crippen LogP contribution in [0.25, 0.3) is 10.2 Å². The second kappa shape index (κ2) is 8.18. The van der Waals surface area contributed by atoms with Gasteiger partial charge in [-0.2, -0.15) is 10.1 Å². The quantitative estimate of drug-likeness (QED) is 0.558. The SMILES string of the molecule is CCOC(=O)Cn1c(=NC(=O)c2cc(C)n(CC)n2)sc2cc(Br)ccc21. The molecule has 0 fully saturated rings. The van der Waals surface area contributed by atoms with E-state index in [9.17, 15) is 9.59 Å². The molecule has 1 amide bonds. The highest BCUT2D eigenvalue weighted by atomic mass is 79.9. The summed E-state index contributed by atoms with van der Waals surface area (Å²) in [6, 6.07) is 7.42. The maximum absolute atomic E-state index is 12.6. The average Bonchev–Trinajstić information content (AvgIpc) is 3.15. The number of benzene rings is 1. The predicted octanol–water partition coefficient (Wildman–Crippen LogP) is 3.29. The van der Waals surface area contributed by atoms with Crippen LogP contribution in [0.5, 0.6) is 0 Å². The molecule has 2 heterocycles. The zero-order chi connectivity index (χ0) is 19.6. The summed E-state index contributed by atoms with van der Waals surface area (Å²) in [6.45, 7) is 6.58. The number of amides is 1. The molecule has 0 aliphatic rings. The second-order valence-corrected chi connectivity index (χ2v) is 7.72. The van der Waals surface area contributed by atoms with Gasteiger partial charge in [0.15, 0.2) is 10.5 Å². The van der Waals surface area contributed by atoms with E-state index in [1.54, 1.807) is 22.2 Å².